The lowest BCUT2D eigenvalue weighted by Gasteiger charge is -2.39. The zero-order valence-electron chi connectivity index (χ0n) is 17.3. The topological polar surface area (TPSA) is 71.1 Å². The van der Waals surface area contributed by atoms with Crippen LogP contribution < -0.4 is 0 Å². The van der Waals surface area contributed by atoms with Crippen LogP contribution in [-0.2, 0) is 28.2 Å². The first kappa shape index (κ1) is 22.5. The van der Waals surface area contributed by atoms with Gasteiger partial charge in [-0.2, -0.15) is 8.42 Å². The van der Waals surface area contributed by atoms with Crippen LogP contribution in [0.15, 0.2) is 29.2 Å². The van der Waals surface area contributed by atoms with Crippen LogP contribution >= 0.6 is 0 Å². The number of methoxy groups -OCH3 is 1. The number of rotatable bonds is 7. The van der Waals surface area contributed by atoms with Gasteiger partial charge in [0.2, 0.25) is 0 Å². The fourth-order valence-electron chi connectivity index (χ4n) is 2.59. The molecule has 154 valence electrons. The Bertz CT molecular complexity index is 724. The van der Waals surface area contributed by atoms with Crippen molar-refractivity contribution in [1.82, 2.24) is 0 Å². The molecule has 0 amide bonds. The van der Waals surface area contributed by atoms with E-state index >= 15 is 0 Å². The molecule has 0 unspecified atom stereocenters. The summed E-state index contributed by atoms with van der Waals surface area (Å²) in [5.41, 5.74) is 0.985. The van der Waals surface area contributed by atoms with E-state index in [2.05, 4.69) is 33.9 Å². The summed E-state index contributed by atoms with van der Waals surface area (Å²) in [4.78, 5) is 0.135. The summed E-state index contributed by atoms with van der Waals surface area (Å²) in [7, 11) is -4.32. The highest BCUT2D eigenvalue weighted by atomic mass is 32.2. The predicted octanol–water partition coefficient (Wildman–Crippen LogP) is 3.85. The molecule has 1 aromatic rings. The standard InChI is InChI=1S/C19H32O6SSi/c1-14-8-10-15(11-9-14)26(20,21)23-13-17-16(12-18(22-5)24-17)25-27(6,7)19(2,3)4/h8-11,16-18H,12-13H2,1-7H3/t16-,17+,18+/m0/s1. The highest BCUT2D eigenvalue weighted by molar-refractivity contribution is 7.86. The van der Waals surface area contributed by atoms with Crippen LogP contribution in [0.25, 0.3) is 0 Å². The zero-order chi connectivity index (χ0) is 20.5. The van der Waals surface area contributed by atoms with Crippen LogP contribution in [-0.4, -0.2) is 48.9 Å². The lowest BCUT2D eigenvalue weighted by Crippen LogP contribution is -2.46. The average Bonchev–Trinajstić information content (AvgIpc) is 2.94. The maximum atomic E-state index is 12.5. The van der Waals surface area contributed by atoms with Gasteiger partial charge >= 0.3 is 0 Å². The molecule has 0 aromatic heterocycles. The summed E-state index contributed by atoms with van der Waals surface area (Å²) in [6, 6.07) is 6.57. The number of ether oxygens (including phenoxy) is 2. The van der Waals surface area contributed by atoms with Gasteiger partial charge in [0.25, 0.3) is 10.1 Å². The summed E-state index contributed by atoms with van der Waals surface area (Å²) >= 11 is 0. The molecule has 0 spiro atoms. The molecule has 8 heteroatoms. The van der Waals surface area contributed by atoms with Crippen LogP contribution in [0, 0.1) is 6.92 Å². The van der Waals surface area contributed by atoms with E-state index < -0.39 is 30.8 Å². The highest BCUT2D eigenvalue weighted by Gasteiger charge is 2.45. The predicted molar refractivity (Wildman–Crippen MR) is 107 cm³/mol. The summed E-state index contributed by atoms with van der Waals surface area (Å²) < 4.78 is 47.8. The summed E-state index contributed by atoms with van der Waals surface area (Å²) in [6.45, 7) is 12.6. The quantitative estimate of drug-likeness (QED) is 0.497. The molecule has 0 aliphatic carbocycles. The van der Waals surface area contributed by atoms with Crippen LogP contribution in [0.2, 0.25) is 18.1 Å². The molecule has 1 aromatic carbocycles. The van der Waals surface area contributed by atoms with Gasteiger partial charge in [0.1, 0.15) is 6.10 Å². The summed E-state index contributed by atoms with van der Waals surface area (Å²) in [5, 5.41) is 0.0392. The van der Waals surface area contributed by atoms with E-state index in [1.807, 2.05) is 6.92 Å². The van der Waals surface area contributed by atoms with Crippen LogP contribution in [0.1, 0.15) is 32.8 Å². The first-order valence-corrected chi connectivity index (χ1v) is 13.5. The Balaban J connectivity index is 2.09. The second-order valence-corrected chi connectivity index (χ2v) is 14.9. The molecule has 0 bridgehead atoms. The molecule has 1 fully saturated rings. The molecule has 1 heterocycles. The zero-order valence-corrected chi connectivity index (χ0v) is 19.1. The molecule has 6 nitrogen and oxygen atoms in total. The van der Waals surface area contributed by atoms with Crippen molar-refractivity contribution in [2.24, 2.45) is 0 Å². The number of aryl methyl sites for hydroxylation is 1. The first-order chi connectivity index (χ1) is 12.4. The molecule has 27 heavy (non-hydrogen) atoms. The number of hydrogen-bond donors (Lipinski definition) is 0. The third kappa shape index (κ3) is 5.62. The second-order valence-electron chi connectivity index (χ2n) is 8.54. The lowest BCUT2D eigenvalue weighted by atomic mass is 10.2. The van der Waals surface area contributed by atoms with E-state index in [1.165, 1.54) is 0 Å². The van der Waals surface area contributed by atoms with Crippen molar-refractivity contribution >= 4 is 18.4 Å². The minimum atomic E-state index is -3.85. The van der Waals surface area contributed by atoms with E-state index in [0.29, 0.717) is 6.42 Å². The first-order valence-electron chi connectivity index (χ1n) is 9.18. The Labute approximate surface area is 164 Å². The summed E-state index contributed by atoms with van der Waals surface area (Å²) in [6.07, 6.45) is -0.620. The van der Waals surface area contributed by atoms with Gasteiger partial charge in [0.15, 0.2) is 14.6 Å². The second kappa shape index (κ2) is 8.30. The number of hydrogen-bond acceptors (Lipinski definition) is 6. The third-order valence-corrected chi connectivity index (χ3v) is 11.2. The van der Waals surface area contributed by atoms with E-state index in [0.717, 1.165) is 5.56 Å². The maximum Gasteiger partial charge on any atom is 0.297 e. The van der Waals surface area contributed by atoms with Gasteiger partial charge in [-0.15, -0.1) is 0 Å². The smallest absolute Gasteiger partial charge is 0.297 e. The van der Waals surface area contributed by atoms with Crippen molar-refractivity contribution in [3.8, 4) is 0 Å². The van der Waals surface area contributed by atoms with Gasteiger partial charge in [-0.25, -0.2) is 0 Å². The molecular formula is C19H32O6SSi. The average molecular weight is 417 g/mol. The normalized spacial score (nSPS) is 24.3. The largest absolute Gasteiger partial charge is 0.411 e. The minimum Gasteiger partial charge on any atom is -0.411 e. The summed E-state index contributed by atoms with van der Waals surface area (Å²) in [5.74, 6) is 0. The van der Waals surface area contributed by atoms with Crippen molar-refractivity contribution in [3.05, 3.63) is 29.8 Å². The van der Waals surface area contributed by atoms with Crippen molar-refractivity contribution < 1.29 is 26.5 Å². The van der Waals surface area contributed by atoms with Crippen molar-refractivity contribution in [2.45, 2.75) is 75.6 Å². The fraction of sp³-hybridized carbons (Fsp3) is 0.684. The highest BCUT2D eigenvalue weighted by Crippen LogP contribution is 2.39. The van der Waals surface area contributed by atoms with Crippen molar-refractivity contribution in [3.63, 3.8) is 0 Å². The van der Waals surface area contributed by atoms with Gasteiger partial charge in [0, 0.05) is 13.5 Å². The molecule has 2 rings (SSSR count). The molecule has 1 aliphatic rings. The van der Waals surface area contributed by atoms with E-state index in [4.69, 9.17) is 18.1 Å². The maximum absolute atomic E-state index is 12.5. The fourth-order valence-corrected chi connectivity index (χ4v) is 4.86. The molecule has 0 N–H and O–H groups in total. The van der Waals surface area contributed by atoms with Crippen LogP contribution in [0.3, 0.4) is 0 Å². The molecule has 0 saturated carbocycles. The lowest BCUT2D eigenvalue weighted by molar-refractivity contribution is -0.124. The molecule has 1 aliphatic heterocycles. The van der Waals surface area contributed by atoms with Crippen molar-refractivity contribution in [1.29, 1.82) is 0 Å². The van der Waals surface area contributed by atoms with Gasteiger partial charge in [0.05, 0.1) is 17.6 Å². The van der Waals surface area contributed by atoms with Gasteiger partial charge in [-0.1, -0.05) is 38.5 Å². The van der Waals surface area contributed by atoms with E-state index in [9.17, 15) is 8.42 Å². The SMILES string of the molecule is CO[C@H]1C[C@H](O[Si](C)(C)C(C)(C)C)[C@@H](COS(=O)(=O)c2ccc(C)cc2)O1. The Morgan fingerprint density at radius 3 is 2.30 bits per heavy atom. The number of benzene rings is 1. The molecular weight excluding hydrogens is 384 g/mol. The Morgan fingerprint density at radius 1 is 1.19 bits per heavy atom. The Hall–Kier alpha value is -0.773. The van der Waals surface area contributed by atoms with Crippen LogP contribution in [0.4, 0.5) is 0 Å². The van der Waals surface area contributed by atoms with Crippen molar-refractivity contribution in [2.75, 3.05) is 13.7 Å². The van der Waals surface area contributed by atoms with Crippen LogP contribution in [0.5, 0.6) is 0 Å². The van der Waals surface area contributed by atoms with E-state index in [-0.39, 0.29) is 22.6 Å². The Morgan fingerprint density at radius 2 is 1.78 bits per heavy atom. The molecule has 0 radical (unpaired) electrons. The van der Waals surface area contributed by atoms with E-state index in [1.54, 1.807) is 31.4 Å². The van der Waals surface area contributed by atoms with Gasteiger partial charge in [-0.05, 0) is 37.2 Å². The monoisotopic (exact) mass is 416 g/mol. The molecule has 1 saturated heterocycles. The molecule has 3 atom stereocenters. The van der Waals surface area contributed by atoms with Gasteiger partial charge < -0.3 is 13.9 Å². The van der Waals surface area contributed by atoms with Gasteiger partial charge in [-0.3, -0.25) is 4.18 Å². The third-order valence-electron chi connectivity index (χ3n) is 5.38. The Kier molecular flexibility index (Phi) is 6.92. The minimum absolute atomic E-state index is 0.0392.